The molecule has 1 aromatic carbocycles. The van der Waals surface area contributed by atoms with Crippen molar-refractivity contribution in [3.8, 4) is 5.75 Å². The van der Waals surface area contributed by atoms with Crippen molar-refractivity contribution in [1.82, 2.24) is 0 Å². The van der Waals surface area contributed by atoms with E-state index >= 15 is 0 Å². The van der Waals surface area contributed by atoms with Gasteiger partial charge in [0.15, 0.2) is 0 Å². The van der Waals surface area contributed by atoms with Gasteiger partial charge >= 0.3 is 0 Å². The standard InChI is InChI=1S/C13H11FOS/c1-15-12-4-2-10(3-5-12)8-13(14)11-6-7-16-9-11/h2-9H,1H3/b13-8-. The van der Waals surface area contributed by atoms with Gasteiger partial charge in [-0.1, -0.05) is 12.1 Å². The molecule has 0 fully saturated rings. The van der Waals surface area contributed by atoms with E-state index < -0.39 is 0 Å². The second kappa shape index (κ2) is 4.94. The quantitative estimate of drug-likeness (QED) is 0.772. The highest BCUT2D eigenvalue weighted by atomic mass is 32.1. The van der Waals surface area contributed by atoms with Crippen LogP contribution in [0.1, 0.15) is 11.1 Å². The molecule has 0 N–H and O–H groups in total. The molecule has 3 heteroatoms. The molecule has 1 nitrogen and oxygen atoms in total. The van der Waals surface area contributed by atoms with Crippen LogP contribution in [0.3, 0.4) is 0 Å². The lowest BCUT2D eigenvalue weighted by molar-refractivity contribution is 0.415. The van der Waals surface area contributed by atoms with E-state index in [9.17, 15) is 4.39 Å². The molecule has 2 aromatic rings. The zero-order valence-corrected chi connectivity index (χ0v) is 9.63. The molecule has 0 amide bonds. The number of ether oxygens (including phenoxy) is 1. The number of thiophene rings is 1. The Bertz CT molecular complexity index is 471. The van der Waals surface area contributed by atoms with Crippen LogP contribution in [0.2, 0.25) is 0 Å². The van der Waals surface area contributed by atoms with E-state index in [1.165, 1.54) is 17.4 Å². The van der Waals surface area contributed by atoms with E-state index in [0.29, 0.717) is 5.56 Å². The van der Waals surface area contributed by atoms with Crippen LogP contribution in [-0.2, 0) is 0 Å². The van der Waals surface area contributed by atoms with E-state index in [1.807, 2.05) is 29.6 Å². The summed E-state index contributed by atoms with van der Waals surface area (Å²) in [5.74, 6) is 0.555. The molecule has 1 heterocycles. The average molecular weight is 234 g/mol. The molecule has 0 aliphatic rings. The fraction of sp³-hybridized carbons (Fsp3) is 0.0769. The van der Waals surface area contributed by atoms with Crippen molar-refractivity contribution >= 4 is 23.2 Å². The molecule has 0 saturated carbocycles. The van der Waals surface area contributed by atoms with E-state index in [0.717, 1.165) is 11.3 Å². The summed E-state index contributed by atoms with van der Waals surface area (Å²) in [5.41, 5.74) is 1.45. The maximum atomic E-state index is 13.7. The van der Waals surface area contributed by atoms with Gasteiger partial charge in [-0.2, -0.15) is 11.3 Å². The number of halogens is 1. The van der Waals surface area contributed by atoms with Gasteiger partial charge < -0.3 is 4.74 Å². The van der Waals surface area contributed by atoms with Crippen LogP contribution < -0.4 is 4.74 Å². The molecule has 0 atom stereocenters. The molecule has 1 aromatic heterocycles. The van der Waals surface area contributed by atoms with Crippen LogP contribution in [-0.4, -0.2) is 7.11 Å². The van der Waals surface area contributed by atoms with E-state index in [2.05, 4.69) is 0 Å². The van der Waals surface area contributed by atoms with E-state index in [1.54, 1.807) is 18.6 Å². The molecule has 2 rings (SSSR count). The predicted molar refractivity (Wildman–Crippen MR) is 66.3 cm³/mol. The van der Waals surface area contributed by atoms with Gasteiger partial charge in [0.25, 0.3) is 0 Å². The van der Waals surface area contributed by atoms with Gasteiger partial charge in [0, 0.05) is 10.9 Å². The first-order chi connectivity index (χ1) is 7.79. The Morgan fingerprint density at radius 3 is 2.56 bits per heavy atom. The first-order valence-corrected chi connectivity index (χ1v) is 5.77. The summed E-state index contributed by atoms with van der Waals surface area (Å²) in [6.07, 6.45) is 1.52. The SMILES string of the molecule is COc1ccc(/C=C(\F)c2ccsc2)cc1. The zero-order chi connectivity index (χ0) is 11.4. The van der Waals surface area contributed by atoms with Crippen molar-refractivity contribution in [3.63, 3.8) is 0 Å². The summed E-state index contributed by atoms with van der Waals surface area (Å²) in [5, 5.41) is 3.64. The molecule has 16 heavy (non-hydrogen) atoms. The Balaban J connectivity index is 2.22. The molecule has 0 unspecified atom stereocenters. The van der Waals surface area contributed by atoms with Crippen LogP contribution in [0.5, 0.6) is 5.75 Å². The van der Waals surface area contributed by atoms with Crippen molar-refractivity contribution in [2.24, 2.45) is 0 Å². The lowest BCUT2D eigenvalue weighted by Gasteiger charge is -1.99. The third kappa shape index (κ3) is 2.49. The highest BCUT2D eigenvalue weighted by Crippen LogP contribution is 2.22. The fourth-order valence-electron chi connectivity index (χ4n) is 1.33. The minimum absolute atomic E-state index is 0.216. The molecular weight excluding hydrogens is 223 g/mol. The van der Waals surface area contributed by atoms with Gasteiger partial charge in [0.2, 0.25) is 0 Å². The summed E-state index contributed by atoms with van der Waals surface area (Å²) >= 11 is 1.48. The monoisotopic (exact) mass is 234 g/mol. The van der Waals surface area contributed by atoms with Crippen molar-refractivity contribution < 1.29 is 9.13 Å². The Morgan fingerprint density at radius 1 is 1.25 bits per heavy atom. The highest BCUT2D eigenvalue weighted by Gasteiger charge is 2.00. The topological polar surface area (TPSA) is 9.23 Å². The highest BCUT2D eigenvalue weighted by molar-refractivity contribution is 7.08. The Hall–Kier alpha value is -1.61. The summed E-state index contributed by atoms with van der Waals surface area (Å²) in [6, 6.07) is 9.04. The van der Waals surface area contributed by atoms with Crippen LogP contribution in [0.15, 0.2) is 41.1 Å². The van der Waals surface area contributed by atoms with Crippen LogP contribution in [0, 0.1) is 0 Å². The van der Waals surface area contributed by atoms with E-state index in [4.69, 9.17) is 4.74 Å². The average Bonchev–Trinajstić information content (AvgIpc) is 2.83. The summed E-state index contributed by atoms with van der Waals surface area (Å²) in [4.78, 5) is 0. The number of methoxy groups -OCH3 is 1. The van der Waals surface area contributed by atoms with Crippen molar-refractivity contribution in [3.05, 3.63) is 52.2 Å². The Morgan fingerprint density at radius 2 is 2.00 bits per heavy atom. The molecular formula is C13H11FOS. The normalized spacial score (nSPS) is 11.5. The fourth-order valence-corrected chi connectivity index (χ4v) is 1.97. The van der Waals surface area contributed by atoms with Gasteiger partial charge in [-0.3, -0.25) is 0 Å². The molecule has 0 saturated heterocycles. The second-order valence-electron chi connectivity index (χ2n) is 3.28. The third-order valence-electron chi connectivity index (χ3n) is 2.21. The van der Waals surface area contributed by atoms with Gasteiger partial charge in [-0.15, -0.1) is 0 Å². The maximum Gasteiger partial charge on any atom is 0.131 e. The van der Waals surface area contributed by atoms with Gasteiger partial charge in [0.05, 0.1) is 7.11 Å². The largest absolute Gasteiger partial charge is 0.497 e. The first kappa shape index (κ1) is 10.9. The summed E-state index contributed by atoms with van der Waals surface area (Å²) in [6.45, 7) is 0. The van der Waals surface area contributed by atoms with Crippen LogP contribution >= 0.6 is 11.3 Å². The minimum Gasteiger partial charge on any atom is -0.497 e. The second-order valence-corrected chi connectivity index (χ2v) is 4.06. The number of benzene rings is 1. The number of hydrogen-bond donors (Lipinski definition) is 0. The smallest absolute Gasteiger partial charge is 0.131 e. The molecule has 82 valence electrons. The molecule has 0 spiro atoms. The Kier molecular flexibility index (Phi) is 3.37. The van der Waals surface area contributed by atoms with Gasteiger partial charge in [-0.05, 0) is 35.2 Å². The molecule has 0 aliphatic carbocycles. The van der Waals surface area contributed by atoms with Gasteiger partial charge in [-0.25, -0.2) is 4.39 Å². The van der Waals surface area contributed by atoms with Crippen LogP contribution in [0.4, 0.5) is 4.39 Å². The molecule has 0 aliphatic heterocycles. The minimum atomic E-state index is -0.216. The molecule has 0 radical (unpaired) electrons. The zero-order valence-electron chi connectivity index (χ0n) is 8.81. The lowest BCUT2D eigenvalue weighted by atomic mass is 10.1. The first-order valence-electron chi connectivity index (χ1n) is 4.83. The number of rotatable bonds is 3. The van der Waals surface area contributed by atoms with Crippen molar-refractivity contribution in [2.45, 2.75) is 0 Å². The molecule has 0 bridgehead atoms. The summed E-state index contributed by atoms with van der Waals surface area (Å²) in [7, 11) is 1.61. The van der Waals surface area contributed by atoms with Crippen molar-refractivity contribution in [1.29, 1.82) is 0 Å². The Labute approximate surface area is 97.8 Å². The summed E-state index contributed by atoms with van der Waals surface area (Å²) < 4.78 is 18.7. The lowest BCUT2D eigenvalue weighted by Crippen LogP contribution is -1.81. The number of hydrogen-bond acceptors (Lipinski definition) is 2. The third-order valence-corrected chi connectivity index (χ3v) is 2.89. The predicted octanol–water partition coefficient (Wildman–Crippen LogP) is 4.22. The van der Waals surface area contributed by atoms with E-state index in [-0.39, 0.29) is 5.83 Å². The maximum absolute atomic E-state index is 13.7. The van der Waals surface area contributed by atoms with Crippen molar-refractivity contribution in [2.75, 3.05) is 7.11 Å². The van der Waals surface area contributed by atoms with Crippen LogP contribution in [0.25, 0.3) is 11.9 Å². The van der Waals surface area contributed by atoms with Gasteiger partial charge in [0.1, 0.15) is 11.6 Å².